The lowest BCUT2D eigenvalue weighted by atomic mass is 10.1. The Bertz CT molecular complexity index is 1140. The van der Waals surface area contributed by atoms with E-state index in [0.717, 1.165) is 22.6 Å². The zero-order valence-electron chi connectivity index (χ0n) is 16.2. The smallest absolute Gasteiger partial charge is 0.196 e. The van der Waals surface area contributed by atoms with Crippen LogP contribution < -0.4 is 4.74 Å². The zero-order chi connectivity index (χ0) is 20.2. The van der Waals surface area contributed by atoms with E-state index in [0.29, 0.717) is 22.3 Å². The van der Waals surface area contributed by atoms with Crippen molar-refractivity contribution >= 4 is 11.8 Å². The van der Waals surface area contributed by atoms with Gasteiger partial charge in [-0.15, -0.1) is 10.2 Å². The van der Waals surface area contributed by atoms with E-state index in [1.165, 1.54) is 6.07 Å². The number of aromatic nitrogens is 3. The number of thioether (sulfide) groups is 1. The number of hydrogen-bond donors (Lipinski definition) is 0. The first-order valence-corrected chi connectivity index (χ1v) is 10.2. The molecule has 6 heteroatoms. The summed E-state index contributed by atoms with van der Waals surface area (Å²) in [4.78, 5) is 0. The second-order valence-corrected chi connectivity index (χ2v) is 7.45. The molecule has 0 aliphatic rings. The van der Waals surface area contributed by atoms with Crippen molar-refractivity contribution in [1.82, 2.24) is 14.8 Å². The summed E-state index contributed by atoms with van der Waals surface area (Å²) in [7, 11) is 1.66. The fraction of sp³-hybridized carbons (Fsp3) is 0.130. The lowest BCUT2D eigenvalue weighted by molar-refractivity contribution is 0.411. The van der Waals surface area contributed by atoms with Crippen molar-refractivity contribution in [3.05, 3.63) is 89.7 Å². The highest BCUT2D eigenvalue weighted by molar-refractivity contribution is 7.98. The van der Waals surface area contributed by atoms with Crippen LogP contribution in [0.2, 0.25) is 0 Å². The Morgan fingerprint density at radius 3 is 2.45 bits per heavy atom. The van der Waals surface area contributed by atoms with E-state index < -0.39 is 0 Å². The van der Waals surface area contributed by atoms with Gasteiger partial charge >= 0.3 is 0 Å². The quantitative estimate of drug-likeness (QED) is 0.387. The lowest BCUT2D eigenvalue weighted by Crippen LogP contribution is -2.03. The molecule has 0 saturated heterocycles. The first kappa shape index (κ1) is 19.2. The van der Waals surface area contributed by atoms with Gasteiger partial charge in [-0.1, -0.05) is 60.3 Å². The van der Waals surface area contributed by atoms with E-state index in [-0.39, 0.29) is 5.82 Å². The van der Waals surface area contributed by atoms with Gasteiger partial charge in [-0.2, -0.15) is 0 Å². The van der Waals surface area contributed by atoms with Crippen molar-refractivity contribution in [2.45, 2.75) is 17.8 Å². The Labute approximate surface area is 173 Å². The Hall–Kier alpha value is -3.12. The molecule has 0 unspecified atom stereocenters. The first-order valence-electron chi connectivity index (χ1n) is 9.20. The minimum Gasteiger partial charge on any atom is -0.496 e. The highest BCUT2D eigenvalue weighted by Crippen LogP contribution is 2.33. The summed E-state index contributed by atoms with van der Waals surface area (Å²) >= 11 is 1.54. The number of aryl methyl sites for hydroxylation is 1. The number of hydrogen-bond acceptors (Lipinski definition) is 4. The molecule has 0 aliphatic heterocycles. The fourth-order valence-electron chi connectivity index (χ4n) is 3.18. The Kier molecular flexibility index (Phi) is 5.62. The number of methoxy groups -OCH3 is 1. The number of benzene rings is 3. The molecule has 0 fully saturated rings. The second kappa shape index (κ2) is 8.49. The third-order valence-corrected chi connectivity index (χ3v) is 5.63. The maximum absolute atomic E-state index is 14.5. The van der Waals surface area contributed by atoms with E-state index in [2.05, 4.69) is 10.2 Å². The first-order chi connectivity index (χ1) is 14.2. The predicted molar refractivity (Wildman–Crippen MR) is 114 cm³/mol. The van der Waals surface area contributed by atoms with Crippen LogP contribution >= 0.6 is 11.8 Å². The summed E-state index contributed by atoms with van der Waals surface area (Å²) in [6.07, 6.45) is 0. The second-order valence-electron chi connectivity index (χ2n) is 6.51. The maximum Gasteiger partial charge on any atom is 0.196 e. The van der Waals surface area contributed by atoms with Crippen LogP contribution in [0.4, 0.5) is 4.39 Å². The van der Waals surface area contributed by atoms with Crippen LogP contribution in [-0.2, 0) is 5.75 Å². The summed E-state index contributed by atoms with van der Waals surface area (Å²) < 4.78 is 21.9. The van der Waals surface area contributed by atoms with E-state index in [1.807, 2.05) is 60.0 Å². The summed E-state index contributed by atoms with van der Waals surface area (Å²) in [5.74, 6) is 1.65. The van der Waals surface area contributed by atoms with Crippen LogP contribution in [0.5, 0.6) is 5.75 Å². The maximum atomic E-state index is 14.5. The van der Waals surface area contributed by atoms with Gasteiger partial charge in [-0.25, -0.2) is 4.39 Å². The van der Waals surface area contributed by atoms with Crippen molar-refractivity contribution in [1.29, 1.82) is 0 Å². The molecule has 0 N–H and O–H groups in total. The fourth-order valence-corrected chi connectivity index (χ4v) is 4.11. The van der Waals surface area contributed by atoms with Gasteiger partial charge in [0.1, 0.15) is 11.6 Å². The SMILES string of the molecule is COc1ccccc1CSc1nnc(-c2ccccc2F)n1-c1ccccc1C. The molecule has 0 bridgehead atoms. The van der Waals surface area contributed by atoms with E-state index >= 15 is 0 Å². The highest BCUT2D eigenvalue weighted by atomic mass is 32.2. The number of rotatable bonds is 6. The van der Waals surface area contributed by atoms with E-state index in [9.17, 15) is 4.39 Å². The van der Waals surface area contributed by atoms with Crippen LogP contribution in [0.3, 0.4) is 0 Å². The molecule has 146 valence electrons. The predicted octanol–water partition coefficient (Wildman–Crippen LogP) is 5.68. The molecule has 1 heterocycles. The standard InChI is InChI=1S/C23H20FN3OS/c1-16-9-3-7-13-20(16)27-22(18-11-5-6-12-19(18)24)25-26-23(27)29-15-17-10-4-8-14-21(17)28-2/h3-14H,15H2,1-2H3. The van der Waals surface area contributed by atoms with Gasteiger partial charge in [0.25, 0.3) is 0 Å². The molecule has 3 aromatic carbocycles. The molecule has 0 saturated carbocycles. The number of nitrogens with zero attached hydrogens (tertiary/aromatic N) is 3. The zero-order valence-corrected chi connectivity index (χ0v) is 17.0. The van der Waals surface area contributed by atoms with Crippen LogP contribution in [0, 0.1) is 12.7 Å². The molecule has 0 aliphatic carbocycles. The van der Waals surface area contributed by atoms with Gasteiger partial charge in [-0.3, -0.25) is 4.57 Å². The van der Waals surface area contributed by atoms with E-state index in [4.69, 9.17) is 4.74 Å². The topological polar surface area (TPSA) is 39.9 Å². The molecule has 0 amide bonds. The lowest BCUT2D eigenvalue weighted by Gasteiger charge is -2.13. The molecular weight excluding hydrogens is 385 g/mol. The van der Waals surface area contributed by atoms with Crippen molar-refractivity contribution < 1.29 is 9.13 Å². The Balaban J connectivity index is 1.79. The highest BCUT2D eigenvalue weighted by Gasteiger charge is 2.20. The molecule has 29 heavy (non-hydrogen) atoms. The molecular formula is C23H20FN3OS. The third-order valence-electron chi connectivity index (χ3n) is 4.65. The van der Waals surface area contributed by atoms with E-state index in [1.54, 1.807) is 37.1 Å². The van der Waals surface area contributed by atoms with Crippen LogP contribution in [-0.4, -0.2) is 21.9 Å². The molecule has 4 rings (SSSR count). The molecule has 0 atom stereocenters. The van der Waals surface area contributed by atoms with Crippen molar-refractivity contribution in [2.24, 2.45) is 0 Å². The van der Waals surface area contributed by atoms with Gasteiger partial charge in [0.15, 0.2) is 11.0 Å². The van der Waals surface area contributed by atoms with Crippen molar-refractivity contribution in [3.63, 3.8) is 0 Å². The molecule has 0 spiro atoms. The summed E-state index contributed by atoms with van der Waals surface area (Å²) in [6.45, 7) is 2.02. The number of ether oxygens (including phenoxy) is 1. The molecule has 1 aromatic heterocycles. The minimum atomic E-state index is -0.323. The van der Waals surface area contributed by atoms with Gasteiger partial charge < -0.3 is 4.74 Å². The Morgan fingerprint density at radius 2 is 1.66 bits per heavy atom. The minimum absolute atomic E-state index is 0.323. The van der Waals surface area contributed by atoms with Crippen LogP contribution in [0.15, 0.2) is 78.0 Å². The van der Waals surface area contributed by atoms with Gasteiger partial charge in [0.05, 0.1) is 18.4 Å². The van der Waals surface area contributed by atoms with Crippen LogP contribution in [0.1, 0.15) is 11.1 Å². The van der Waals surface area contributed by atoms with Gasteiger partial charge in [-0.05, 0) is 36.8 Å². The molecule has 0 radical (unpaired) electrons. The third kappa shape index (κ3) is 3.89. The molecule has 4 nitrogen and oxygen atoms in total. The molecule has 4 aromatic rings. The average Bonchev–Trinajstić information content (AvgIpc) is 3.16. The Morgan fingerprint density at radius 1 is 0.931 bits per heavy atom. The largest absolute Gasteiger partial charge is 0.496 e. The normalized spacial score (nSPS) is 10.9. The van der Waals surface area contributed by atoms with Crippen molar-refractivity contribution in [2.75, 3.05) is 7.11 Å². The summed E-state index contributed by atoms with van der Waals surface area (Å²) in [6, 6.07) is 22.5. The summed E-state index contributed by atoms with van der Waals surface area (Å²) in [5, 5.41) is 9.43. The monoisotopic (exact) mass is 405 g/mol. The van der Waals surface area contributed by atoms with Crippen molar-refractivity contribution in [3.8, 4) is 22.8 Å². The van der Waals surface area contributed by atoms with Crippen LogP contribution in [0.25, 0.3) is 17.1 Å². The number of para-hydroxylation sites is 2. The van der Waals surface area contributed by atoms with Gasteiger partial charge in [0, 0.05) is 11.3 Å². The van der Waals surface area contributed by atoms with Gasteiger partial charge in [0.2, 0.25) is 0 Å². The summed E-state index contributed by atoms with van der Waals surface area (Å²) in [5.41, 5.74) is 3.47. The average molecular weight is 405 g/mol. The number of halogens is 1.